The predicted octanol–water partition coefficient (Wildman–Crippen LogP) is 2.45. The zero-order chi connectivity index (χ0) is 13.0. The molecule has 2 aromatic rings. The predicted molar refractivity (Wildman–Crippen MR) is 71.7 cm³/mol. The van der Waals surface area contributed by atoms with E-state index in [2.05, 4.69) is 18.9 Å². The Hall–Kier alpha value is -1.84. The summed E-state index contributed by atoms with van der Waals surface area (Å²) < 4.78 is 4.00. The molecule has 18 heavy (non-hydrogen) atoms. The van der Waals surface area contributed by atoms with Crippen LogP contribution in [0.2, 0.25) is 0 Å². The summed E-state index contributed by atoms with van der Waals surface area (Å²) in [4.78, 5) is 11.0. The smallest absolute Gasteiger partial charge is 0.181 e. The molecule has 0 unspecified atom stereocenters. The van der Waals surface area contributed by atoms with Crippen molar-refractivity contribution in [2.24, 2.45) is 0 Å². The molecule has 0 saturated carbocycles. The lowest BCUT2D eigenvalue weighted by Crippen LogP contribution is -2.09. The standard InChI is InChI=1S/C14H19N3O/c1-3-13(4-2)17-10-5-12(15-17)11-16-8-6-14(18)7-9-16/h5-10,13H,3-4,11H2,1-2H3. The summed E-state index contributed by atoms with van der Waals surface area (Å²) in [5, 5.41) is 4.59. The second-order valence-electron chi connectivity index (χ2n) is 4.46. The van der Waals surface area contributed by atoms with Gasteiger partial charge in [-0.25, -0.2) is 0 Å². The normalized spacial score (nSPS) is 11.1. The quantitative estimate of drug-likeness (QED) is 0.811. The Morgan fingerprint density at radius 3 is 2.39 bits per heavy atom. The molecule has 0 aromatic carbocycles. The lowest BCUT2D eigenvalue weighted by atomic mass is 10.2. The van der Waals surface area contributed by atoms with Crippen molar-refractivity contribution in [2.75, 3.05) is 0 Å². The highest BCUT2D eigenvalue weighted by molar-refractivity contribution is 5.03. The molecule has 0 atom stereocenters. The molecule has 0 radical (unpaired) electrons. The van der Waals surface area contributed by atoms with Gasteiger partial charge in [-0.2, -0.15) is 5.10 Å². The Balaban J connectivity index is 2.11. The number of pyridine rings is 1. The first-order valence-electron chi connectivity index (χ1n) is 6.43. The van der Waals surface area contributed by atoms with E-state index in [0.29, 0.717) is 12.6 Å². The van der Waals surface area contributed by atoms with Gasteiger partial charge in [0.1, 0.15) is 0 Å². The van der Waals surface area contributed by atoms with Crippen LogP contribution in [0.25, 0.3) is 0 Å². The summed E-state index contributed by atoms with van der Waals surface area (Å²) in [6.45, 7) is 5.06. The van der Waals surface area contributed by atoms with Crippen LogP contribution in [0.3, 0.4) is 0 Å². The summed E-state index contributed by atoms with van der Waals surface area (Å²) in [5.74, 6) is 0. The van der Waals surface area contributed by atoms with Crippen LogP contribution in [0.5, 0.6) is 0 Å². The van der Waals surface area contributed by atoms with E-state index in [9.17, 15) is 4.79 Å². The summed E-state index contributed by atoms with van der Waals surface area (Å²) in [7, 11) is 0. The van der Waals surface area contributed by atoms with Crippen LogP contribution in [0.4, 0.5) is 0 Å². The highest BCUT2D eigenvalue weighted by Gasteiger charge is 2.07. The van der Waals surface area contributed by atoms with E-state index in [0.717, 1.165) is 18.5 Å². The third-order valence-electron chi connectivity index (χ3n) is 3.19. The lowest BCUT2D eigenvalue weighted by Gasteiger charge is -2.12. The second-order valence-corrected chi connectivity index (χ2v) is 4.46. The molecule has 96 valence electrons. The average molecular weight is 245 g/mol. The van der Waals surface area contributed by atoms with Gasteiger partial charge in [-0.3, -0.25) is 9.48 Å². The Morgan fingerprint density at radius 2 is 1.78 bits per heavy atom. The molecule has 0 amide bonds. The minimum absolute atomic E-state index is 0.0359. The molecule has 0 N–H and O–H groups in total. The monoisotopic (exact) mass is 245 g/mol. The van der Waals surface area contributed by atoms with Gasteiger partial charge in [0.05, 0.1) is 18.3 Å². The number of nitrogens with zero attached hydrogens (tertiary/aromatic N) is 3. The maximum atomic E-state index is 11.0. The molecule has 2 rings (SSSR count). The van der Waals surface area contributed by atoms with E-state index < -0.39 is 0 Å². The van der Waals surface area contributed by atoms with Crippen molar-refractivity contribution in [1.29, 1.82) is 0 Å². The van der Waals surface area contributed by atoms with Crippen molar-refractivity contribution in [3.05, 3.63) is 52.7 Å². The van der Waals surface area contributed by atoms with E-state index in [1.165, 1.54) is 0 Å². The highest BCUT2D eigenvalue weighted by atomic mass is 16.1. The van der Waals surface area contributed by atoms with Crippen molar-refractivity contribution in [1.82, 2.24) is 14.3 Å². The van der Waals surface area contributed by atoms with Gasteiger partial charge in [0.2, 0.25) is 0 Å². The average Bonchev–Trinajstić information content (AvgIpc) is 2.82. The minimum atomic E-state index is 0.0359. The van der Waals surface area contributed by atoms with Gasteiger partial charge in [0.15, 0.2) is 5.43 Å². The molecule has 0 fully saturated rings. The third kappa shape index (κ3) is 2.88. The fourth-order valence-electron chi connectivity index (χ4n) is 2.06. The van der Waals surface area contributed by atoms with Gasteiger partial charge >= 0.3 is 0 Å². The Labute approximate surface area is 107 Å². The zero-order valence-electron chi connectivity index (χ0n) is 10.9. The van der Waals surface area contributed by atoms with Crippen LogP contribution >= 0.6 is 0 Å². The molecule has 2 heterocycles. The topological polar surface area (TPSA) is 39.8 Å². The first-order chi connectivity index (χ1) is 8.72. The van der Waals surface area contributed by atoms with Gasteiger partial charge in [-0.15, -0.1) is 0 Å². The van der Waals surface area contributed by atoms with E-state index in [1.807, 2.05) is 21.5 Å². The van der Waals surface area contributed by atoms with E-state index in [1.54, 1.807) is 24.5 Å². The second kappa shape index (κ2) is 5.67. The maximum absolute atomic E-state index is 11.0. The van der Waals surface area contributed by atoms with Crippen LogP contribution < -0.4 is 5.43 Å². The van der Waals surface area contributed by atoms with Crippen molar-refractivity contribution in [2.45, 2.75) is 39.3 Å². The van der Waals surface area contributed by atoms with E-state index in [4.69, 9.17) is 0 Å². The molecule has 0 bridgehead atoms. The van der Waals surface area contributed by atoms with Gasteiger partial charge in [-0.05, 0) is 18.9 Å². The highest BCUT2D eigenvalue weighted by Crippen LogP contribution is 2.14. The summed E-state index contributed by atoms with van der Waals surface area (Å²) in [6.07, 6.45) is 7.80. The summed E-state index contributed by atoms with van der Waals surface area (Å²) >= 11 is 0. The number of hydrogen-bond donors (Lipinski definition) is 0. The fourth-order valence-corrected chi connectivity index (χ4v) is 2.06. The Morgan fingerprint density at radius 1 is 1.11 bits per heavy atom. The van der Waals surface area contributed by atoms with Crippen LogP contribution in [-0.2, 0) is 6.54 Å². The van der Waals surface area contributed by atoms with E-state index in [-0.39, 0.29) is 5.43 Å². The summed E-state index contributed by atoms with van der Waals surface area (Å²) in [5.41, 5.74) is 1.05. The summed E-state index contributed by atoms with van der Waals surface area (Å²) in [6, 6.07) is 5.65. The molecule has 0 aliphatic heterocycles. The van der Waals surface area contributed by atoms with Crippen LogP contribution in [0.15, 0.2) is 41.6 Å². The molecule has 2 aromatic heterocycles. The SMILES string of the molecule is CCC(CC)n1ccc(Cn2ccc(=O)cc2)n1. The van der Waals surface area contributed by atoms with Crippen molar-refractivity contribution in [3.63, 3.8) is 0 Å². The van der Waals surface area contributed by atoms with Crippen molar-refractivity contribution >= 4 is 0 Å². The molecular formula is C14H19N3O. The lowest BCUT2D eigenvalue weighted by molar-refractivity contribution is 0.424. The molecule has 0 aliphatic carbocycles. The van der Waals surface area contributed by atoms with Crippen molar-refractivity contribution in [3.8, 4) is 0 Å². The minimum Gasteiger partial charge on any atom is -0.348 e. The zero-order valence-corrected chi connectivity index (χ0v) is 10.9. The number of rotatable bonds is 5. The van der Waals surface area contributed by atoms with Gasteiger partial charge in [0, 0.05) is 30.7 Å². The molecule has 0 saturated heterocycles. The molecule has 0 spiro atoms. The van der Waals surface area contributed by atoms with E-state index >= 15 is 0 Å². The fraction of sp³-hybridized carbons (Fsp3) is 0.429. The largest absolute Gasteiger partial charge is 0.348 e. The first-order valence-corrected chi connectivity index (χ1v) is 6.43. The number of hydrogen-bond acceptors (Lipinski definition) is 2. The van der Waals surface area contributed by atoms with Crippen LogP contribution in [0, 0.1) is 0 Å². The van der Waals surface area contributed by atoms with Gasteiger partial charge in [-0.1, -0.05) is 13.8 Å². The molecule has 4 heteroatoms. The molecule has 0 aliphatic rings. The Bertz CT molecular complexity index is 532. The Kier molecular flexibility index (Phi) is 3.97. The number of aromatic nitrogens is 3. The van der Waals surface area contributed by atoms with Gasteiger partial charge in [0.25, 0.3) is 0 Å². The van der Waals surface area contributed by atoms with Gasteiger partial charge < -0.3 is 4.57 Å². The molecule has 4 nitrogen and oxygen atoms in total. The van der Waals surface area contributed by atoms with Crippen LogP contribution in [-0.4, -0.2) is 14.3 Å². The van der Waals surface area contributed by atoms with Crippen molar-refractivity contribution < 1.29 is 0 Å². The third-order valence-corrected chi connectivity index (χ3v) is 3.19. The molecular weight excluding hydrogens is 226 g/mol. The first kappa shape index (κ1) is 12.6. The van der Waals surface area contributed by atoms with Crippen LogP contribution in [0.1, 0.15) is 38.4 Å². The maximum Gasteiger partial charge on any atom is 0.181 e.